The maximum atomic E-state index is 11.2. The first-order chi connectivity index (χ1) is 9.28. The van der Waals surface area contributed by atoms with Crippen LogP contribution in [0.2, 0.25) is 0 Å². The summed E-state index contributed by atoms with van der Waals surface area (Å²) in [6.07, 6.45) is 7.07. The molecule has 0 unspecified atom stereocenters. The van der Waals surface area contributed by atoms with Gasteiger partial charge in [0.1, 0.15) is 0 Å². The zero-order chi connectivity index (χ0) is 13.5. The van der Waals surface area contributed by atoms with Crippen molar-refractivity contribution in [1.29, 1.82) is 0 Å². The number of rotatable bonds is 5. The van der Waals surface area contributed by atoms with Gasteiger partial charge in [-0.1, -0.05) is 43.5 Å². The highest BCUT2D eigenvalue weighted by Gasteiger charge is 2.12. The van der Waals surface area contributed by atoms with E-state index in [0.29, 0.717) is 12.5 Å². The van der Waals surface area contributed by atoms with E-state index in [-0.39, 0.29) is 5.97 Å². The Morgan fingerprint density at radius 1 is 1.16 bits per heavy atom. The van der Waals surface area contributed by atoms with Crippen molar-refractivity contribution in [2.24, 2.45) is 0 Å². The first kappa shape index (κ1) is 14.1. The van der Waals surface area contributed by atoms with Crippen molar-refractivity contribution in [2.45, 2.75) is 51.1 Å². The number of carbonyl (C=O) groups is 1. The van der Waals surface area contributed by atoms with Crippen molar-refractivity contribution in [1.82, 2.24) is 5.32 Å². The summed E-state index contributed by atoms with van der Waals surface area (Å²) in [5.74, 6) is -0.187. The van der Waals surface area contributed by atoms with E-state index in [4.69, 9.17) is 0 Å². The second kappa shape index (κ2) is 7.29. The van der Waals surface area contributed by atoms with Crippen LogP contribution >= 0.6 is 0 Å². The topological polar surface area (TPSA) is 38.3 Å². The van der Waals surface area contributed by atoms with Crippen LogP contribution in [0.3, 0.4) is 0 Å². The molecular weight excluding hydrogens is 238 g/mol. The second-order valence-electron chi connectivity index (χ2n) is 5.29. The molecule has 1 saturated carbocycles. The van der Waals surface area contributed by atoms with Crippen LogP contribution in [-0.4, -0.2) is 19.1 Å². The lowest BCUT2D eigenvalue weighted by molar-refractivity contribution is -0.139. The average molecular weight is 261 g/mol. The third kappa shape index (κ3) is 4.67. The van der Waals surface area contributed by atoms with E-state index in [9.17, 15) is 4.79 Å². The normalized spacial score (nSPS) is 16.3. The van der Waals surface area contributed by atoms with Crippen LogP contribution < -0.4 is 5.32 Å². The number of ether oxygens (including phenoxy) is 1. The van der Waals surface area contributed by atoms with Gasteiger partial charge in [0.15, 0.2) is 0 Å². The van der Waals surface area contributed by atoms with Crippen LogP contribution in [0.25, 0.3) is 0 Å². The van der Waals surface area contributed by atoms with E-state index in [0.717, 1.165) is 12.1 Å². The lowest BCUT2D eigenvalue weighted by atomic mass is 9.95. The monoisotopic (exact) mass is 261 g/mol. The van der Waals surface area contributed by atoms with Gasteiger partial charge in [0.2, 0.25) is 0 Å². The summed E-state index contributed by atoms with van der Waals surface area (Å²) < 4.78 is 4.66. The molecule has 0 spiro atoms. The summed E-state index contributed by atoms with van der Waals surface area (Å²) in [5, 5.41) is 3.62. The number of nitrogens with one attached hydrogen (secondary N) is 1. The van der Waals surface area contributed by atoms with Crippen LogP contribution in [0.1, 0.15) is 43.2 Å². The van der Waals surface area contributed by atoms with Crippen LogP contribution in [-0.2, 0) is 22.5 Å². The summed E-state index contributed by atoms with van der Waals surface area (Å²) in [4.78, 5) is 11.2. The fourth-order valence-corrected chi connectivity index (χ4v) is 2.58. The molecule has 0 heterocycles. The summed E-state index contributed by atoms with van der Waals surface area (Å²) >= 11 is 0. The second-order valence-corrected chi connectivity index (χ2v) is 5.29. The van der Waals surface area contributed by atoms with Crippen LogP contribution in [0.5, 0.6) is 0 Å². The highest BCUT2D eigenvalue weighted by molar-refractivity contribution is 5.72. The van der Waals surface area contributed by atoms with Gasteiger partial charge in [-0.2, -0.15) is 0 Å². The van der Waals surface area contributed by atoms with Gasteiger partial charge in [0, 0.05) is 12.6 Å². The van der Waals surface area contributed by atoms with Gasteiger partial charge in [-0.25, -0.2) is 0 Å². The lowest BCUT2D eigenvalue weighted by Gasteiger charge is -2.22. The number of benzene rings is 1. The molecule has 0 bridgehead atoms. The van der Waals surface area contributed by atoms with E-state index in [1.54, 1.807) is 0 Å². The number of carbonyl (C=O) groups excluding carboxylic acids is 1. The number of hydrogen-bond donors (Lipinski definition) is 1. The largest absolute Gasteiger partial charge is 0.469 e. The Labute approximate surface area is 115 Å². The molecule has 1 N–H and O–H groups in total. The van der Waals surface area contributed by atoms with Crippen LogP contribution in [0.15, 0.2) is 24.3 Å². The predicted octanol–water partition coefficient (Wildman–Crippen LogP) is 2.82. The summed E-state index contributed by atoms with van der Waals surface area (Å²) in [6, 6.07) is 8.88. The highest BCUT2D eigenvalue weighted by Crippen LogP contribution is 2.17. The van der Waals surface area contributed by atoms with Crippen LogP contribution in [0.4, 0.5) is 0 Å². The number of hydrogen-bond acceptors (Lipinski definition) is 3. The third-order valence-electron chi connectivity index (χ3n) is 3.80. The molecule has 19 heavy (non-hydrogen) atoms. The molecule has 3 nitrogen and oxygen atoms in total. The molecule has 1 aliphatic rings. The zero-order valence-electron chi connectivity index (χ0n) is 11.7. The molecule has 1 aromatic rings. The SMILES string of the molecule is COC(=O)Cc1ccc(CNC2CCCCC2)cc1. The van der Waals surface area contributed by atoms with Gasteiger partial charge < -0.3 is 10.1 Å². The molecule has 0 aliphatic heterocycles. The Morgan fingerprint density at radius 2 is 1.79 bits per heavy atom. The third-order valence-corrected chi connectivity index (χ3v) is 3.80. The standard InChI is InChI=1S/C16H23NO2/c1-19-16(18)11-13-7-9-14(10-8-13)12-17-15-5-3-2-4-6-15/h7-10,15,17H,2-6,11-12H2,1H3. The number of esters is 1. The quantitative estimate of drug-likeness (QED) is 0.828. The average Bonchev–Trinajstić information content (AvgIpc) is 2.47. The maximum Gasteiger partial charge on any atom is 0.309 e. The smallest absolute Gasteiger partial charge is 0.309 e. The van der Waals surface area contributed by atoms with Crippen LogP contribution in [0, 0.1) is 0 Å². The molecule has 104 valence electrons. The van der Waals surface area contributed by atoms with Crippen molar-refractivity contribution < 1.29 is 9.53 Å². The minimum Gasteiger partial charge on any atom is -0.469 e. The summed E-state index contributed by atoms with van der Waals surface area (Å²) in [6.45, 7) is 0.920. The van der Waals surface area contributed by atoms with Crippen molar-refractivity contribution in [3.05, 3.63) is 35.4 Å². The minimum absolute atomic E-state index is 0.187. The maximum absolute atomic E-state index is 11.2. The minimum atomic E-state index is -0.187. The Kier molecular flexibility index (Phi) is 5.40. The fraction of sp³-hybridized carbons (Fsp3) is 0.562. The van der Waals surface area contributed by atoms with Gasteiger partial charge in [0.25, 0.3) is 0 Å². The van der Waals surface area contributed by atoms with Gasteiger partial charge >= 0.3 is 5.97 Å². The molecule has 0 aromatic heterocycles. The van der Waals surface area contributed by atoms with E-state index in [1.807, 2.05) is 12.1 Å². The summed E-state index contributed by atoms with van der Waals surface area (Å²) in [7, 11) is 1.42. The van der Waals surface area contributed by atoms with E-state index >= 15 is 0 Å². The van der Waals surface area contributed by atoms with Gasteiger partial charge in [-0.05, 0) is 24.0 Å². The molecule has 0 amide bonds. The molecule has 3 heteroatoms. The Balaban J connectivity index is 1.79. The van der Waals surface area contributed by atoms with Gasteiger partial charge in [0.05, 0.1) is 13.5 Å². The molecule has 1 aliphatic carbocycles. The summed E-state index contributed by atoms with van der Waals surface area (Å²) in [5.41, 5.74) is 2.28. The highest BCUT2D eigenvalue weighted by atomic mass is 16.5. The van der Waals surface area contributed by atoms with Crippen molar-refractivity contribution in [3.63, 3.8) is 0 Å². The van der Waals surface area contributed by atoms with E-state index < -0.39 is 0 Å². The molecule has 0 atom stereocenters. The molecule has 2 rings (SSSR count). The molecular formula is C16H23NO2. The van der Waals surface area contributed by atoms with Gasteiger partial charge in [-0.15, -0.1) is 0 Å². The predicted molar refractivity (Wildman–Crippen MR) is 75.9 cm³/mol. The van der Waals surface area contributed by atoms with E-state index in [1.165, 1.54) is 44.8 Å². The van der Waals surface area contributed by atoms with Crippen molar-refractivity contribution in [2.75, 3.05) is 7.11 Å². The van der Waals surface area contributed by atoms with Gasteiger partial charge in [-0.3, -0.25) is 4.79 Å². The molecule has 1 aromatic carbocycles. The van der Waals surface area contributed by atoms with Crippen molar-refractivity contribution in [3.8, 4) is 0 Å². The Hall–Kier alpha value is -1.35. The Morgan fingerprint density at radius 3 is 2.42 bits per heavy atom. The Bertz CT molecular complexity index is 394. The molecule has 0 saturated heterocycles. The molecule has 0 radical (unpaired) electrons. The molecule has 1 fully saturated rings. The van der Waals surface area contributed by atoms with Crippen molar-refractivity contribution >= 4 is 5.97 Å². The first-order valence-corrected chi connectivity index (χ1v) is 7.16. The number of methoxy groups -OCH3 is 1. The first-order valence-electron chi connectivity index (χ1n) is 7.16. The lowest BCUT2D eigenvalue weighted by Crippen LogP contribution is -2.30. The zero-order valence-corrected chi connectivity index (χ0v) is 11.7. The van der Waals surface area contributed by atoms with E-state index in [2.05, 4.69) is 22.2 Å². The fourth-order valence-electron chi connectivity index (χ4n) is 2.58.